The molecule has 0 aliphatic heterocycles. The number of hydrogen-bond donors (Lipinski definition) is 0. The molecule has 0 aliphatic carbocycles. The van der Waals surface area contributed by atoms with Crippen LogP contribution >= 0.6 is 0 Å². The third-order valence-corrected chi connectivity index (χ3v) is 3.97. The van der Waals surface area contributed by atoms with Gasteiger partial charge in [0.05, 0.1) is 12.2 Å². The quantitative estimate of drug-likeness (QED) is 0.719. The number of likely N-dealkylation sites (N-methyl/N-ethyl adjacent to an activating group) is 2. The lowest BCUT2D eigenvalue weighted by molar-refractivity contribution is -0.119. The van der Waals surface area contributed by atoms with Crippen LogP contribution in [0, 0.1) is 0 Å². The van der Waals surface area contributed by atoms with Gasteiger partial charge >= 0.3 is 0 Å². The molecule has 2 rings (SSSR count). The minimum absolute atomic E-state index is 0.131. The smallest absolute Gasteiger partial charge is 0.241 e. The summed E-state index contributed by atoms with van der Waals surface area (Å²) in [5.74, 6) is 0.131. The van der Waals surface area contributed by atoms with Crippen LogP contribution in [0.2, 0.25) is 0 Å². The third kappa shape index (κ3) is 4.20. The molecule has 0 unspecified atom stereocenters. The fourth-order valence-electron chi connectivity index (χ4n) is 2.86. The molecule has 0 spiro atoms. The second-order valence-corrected chi connectivity index (χ2v) is 5.90. The highest BCUT2D eigenvalue weighted by molar-refractivity contribution is 6.04. The fourth-order valence-corrected chi connectivity index (χ4v) is 2.86. The summed E-state index contributed by atoms with van der Waals surface area (Å²) < 4.78 is 0. The van der Waals surface area contributed by atoms with Crippen molar-refractivity contribution < 1.29 is 4.79 Å². The first kappa shape index (κ1) is 17.2. The zero-order chi connectivity index (χ0) is 16.8. The van der Waals surface area contributed by atoms with E-state index >= 15 is 0 Å². The molecule has 0 heterocycles. The maximum atomic E-state index is 12.8. The molecule has 3 nitrogen and oxygen atoms in total. The highest BCUT2D eigenvalue weighted by atomic mass is 16.2. The molecule has 23 heavy (non-hydrogen) atoms. The third-order valence-electron chi connectivity index (χ3n) is 3.97. The molecule has 0 aromatic heterocycles. The number of hydrogen-bond acceptors (Lipinski definition) is 2. The highest BCUT2D eigenvalue weighted by Gasteiger charge is 2.18. The van der Waals surface area contributed by atoms with Gasteiger partial charge in [0.1, 0.15) is 0 Å². The summed E-state index contributed by atoms with van der Waals surface area (Å²) in [6, 6.07) is 14.3. The van der Waals surface area contributed by atoms with Crippen LogP contribution in [0.4, 0.5) is 5.69 Å². The first-order valence-electron chi connectivity index (χ1n) is 8.21. The van der Waals surface area contributed by atoms with Crippen LogP contribution in [-0.4, -0.2) is 37.0 Å². The van der Waals surface area contributed by atoms with Crippen LogP contribution in [0.15, 0.2) is 54.6 Å². The van der Waals surface area contributed by atoms with E-state index in [0.717, 1.165) is 35.1 Å². The van der Waals surface area contributed by atoms with Crippen molar-refractivity contribution in [1.82, 2.24) is 4.90 Å². The van der Waals surface area contributed by atoms with Crippen molar-refractivity contribution in [2.45, 2.75) is 20.8 Å². The van der Waals surface area contributed by atoms with Gasteiger partial charge < -0.3 is 4.90 Å². The number of benzene rings is 2. The maximum Gasteiger partial charge on any atom is 0.241 e. The van der Waals surface area contributed by atoms with E-state index < -0.39 is 0 Å². The minimum Gasteiger partial charge on any atom is -0.311 e. The average molecular weight is 310 g/mol. The van der Waals surface area contributed by atoms with Crippen molar-refractivity contribution in [3.8, 4) is 0 Å². The number of nitrogens with zero attached hydrogens (tertiary/aromatic N) is 2. The summed E-state index contributed by atoms with van der Waals surface area (Å²) in [4.78, 5) is 16.8. The fraction of sp³-hybridized carbons (Fsp3) is 0.350. The predicted octanol–water partition coefficient (Wildman–Crippen LogP) is 4.09. The van der Waals surface area contributed by atoms with E-state index in [2.05, 4.69) is 36.6 Å². The lowest BCUT2D eigenvalue weighted by atomic mass is 10.1. The van der Waals surface area contributed by atoms with Crippen molar-refractivity contribution in [3.63, 3.8) is 0 Å². The van der Waals surface area contributed by atoms with Crippen molar-refractivity contribution in [2.24, 2.45) is 0 Å². The van der Waals surface area contributed by atoms with E-state index in [1.807, 2.05) is 43.0 Å². The molecule has 2 aromatic rings. The molecule has 0 saturated heterocycles. The standard InChI is InChI=1S/C20H26N2O/c1-5-21(14-16(3)4)15-20(23)22(6-2)19-13-9-11-17-10-7-8-12-18(17)19/h7-13H,3,5-6,14-15H2,1-2,4H3. The van der Waals surface area contributed by atoms with Crippen molar-refractivity contribution >= 4 is 22.4 Å². The summed E-state index contributed by atoms with van der Waals surface area (Å²) >= 11 is 0. The summed E-state index contributed by atoms with van der Waals surface area (Å²) in [6.07, 6.45) is 0. The Morgan fingerprint density at radius 1 is 1.00 bits per heavy atom. The molecule has 0 saturated carbocycles. The minimum atomic E-state index is 0.131. The van der Waals surface area contributed by atoms with E-state index in [-0.39, 0.29) is 5.91 Å². The Kier molecular flexibility index (Phi) is 5.94. The van der Waals surface area contributed by atoms with Crippen molar-refractivity contribution in [1.29, 1.82) is 0 Å². The first-order valence-corrected chi connectivity index (χ1v) is 8.21. The lowest BCUT2D eigenvalue weighted by Gasteiger charge is -2.27. The molecule has 0 atom stereocenters. The molecule has 0 bridgehead atoms. The monoisotopic (exact) mass is 310 g/mol. The van der Waals surface area contributed by atoms with E-state index in [1.54, 1.807) is 0 Å². The largest absolute Gasteiger partial charge is 0.311 e. The van der Waals surface area contributed by atoms with E-state index in [1.165, 1.54) is 0 Å². The van der Waals surface area contributed by atoms with Crippen LogP contribution in [0.5, 0.6) is 0 Å². The van der Waals surface area contributed by atoms with Crippen LogP contribution in [0.3, 0.4) is 0 Å². The lowest BCUT2D eigenvalue weighted by Crippen LogP contribution is -2.41. The molecule has 122 valence electrons. The molecule has 1 amide bonds. The van der Waals surface area contributed by atoms with Gasteiger partial charge in [-0.05, 0) is 31.8 Å². The van der Waals surface area contributed by atoms with Crippen molar-refractivity contribution in [2.75, 3.05) is 31.1 Å². The van der Waals surface area contributed by atoms with Gasteiger partial charge in [-0.2, -0.15) is 0 Å². The molecular weight excluding hydrogens is 284 g/mol. The summed E-state index contributed by atoms with van der Waals surface area (Å²) in [6.45, 7) is 12.7. The van der Waals surface area contributed by atoms with Crippen LogP contribution in [0.1, 0.15) is 20.8 Å². The van der Waals surface area contributed by atoms with Crippen LogP contribution < -0.4 is 4.90 Å². The van der Waals surface area contributed by atoms with Gasteiger partial charge in [0.15, 0.2) is 0 Å². The molecule has 3 heteroatoms. The van der Waals surface area contributed by atoms with Crippen LogP contribution in [-0.2, 0) is 4.79 Å². The second-order valence-electron chi connectivity index (χ2n) is 5.90. The Bertz CT molecular complexity index is 688. The average Bonchev–Trinajstić information content (AvgIpc) is 2.54. The molecule has 0 N–H and O–H groups in total. The van der Waals surface area contributed by atoms with E-state index in [9.17, 15) is 4.79 Å². The Morgan fingerprint density at radius 2 is 1.70 bits per heavy atom. The number of anilines is 1. The van der Waals surface area contributed by atoms with Gasteiger partial charge in [-0.25, -0.2) is 0 Å². The predicted molar refractivity (Wildman–Crippen MR) is 98.9 cm³/mol. The SMILES string of the molecule is C=C(C)CN(CC)CC(=O)N(CC)c1cccc2ccccc12. The van der Waals surface area contributed by atoms with Gasteiger partial charge in [-0.1, -0.05) is 55.5 Å². The number of carbonyl (C=O) groups excluding carboxylic acids is 1. The first-order chi connectivity index (χ1) is 11.1. The van der Waals surface area contributed by atoms with Gasteiger partial charge in [-0.3, -0.25) is 9.69 Å². The second kappa shape index (κ2) is 7.93. The number of amides is 1. The molecule has 0 aliphatic rings. The zero-order valence-corrected chi connectivity index (χ0v) is 14.4. The topological polar surface area (TPSA) is 23.6 Å². The maximum absolute atomic E-state index is 12.8. The Labute approximate surface area is 139 Å². The van der Waals surface area contributed by atoms with Gasteiger partial charge in [-0.15, -0.1) is 0 Å². The number of carbonyl (C=O) groups is 1. The van der Waals surface area contributed by atoms with Crippen LogP contribution in [0.25, 0.3) is 10.8 Å². The van der Waals surface area contributed by atoms with E-state index in [0.29, 0.717) is 13.1 Å². The molecule has 2 aromatic carbocycles. The zero-order valence-electron chi connectivity index (χ0n) is 14.4. The summed E-state index contributed by atoms with van der Waals surface area (Å²) in [7, 11) is 0. The molecule has 0 radical (unpaired) electrons. The Hall–Kier alpha value is -2.13. The highest BCUT2D eigenvalue weighted by Crippen LogP contribution is 2.26. The summed E-state index contributed by atoms with van der Waals surface area (Å²) in [5, 5.41) is 2.28. The van der Waals surface area contributed by atoms with E-state index in [4.69, 9.17) is 0 Å². The summed E-state index contributed by atoms with van der Waals surface area (Å²) in [5.41, 5.74) is 2.06. The van der Waals surface area contributed by atoms with Gasteiger partial charge in [0.25, 0.3) is 0 Å². The number of rotatable bonds is 7. The molecule has 0 fully saturated rings. The molecular formula is C20H26N2O. The Balaban J connectivity index is 2.27. The van der Waals surface area contributed by atoms with Gasteiger partial charge in [0, 0.05) is 18.5 Å². The normalized spacial score (nSPS) is 11.0. The van der Waals surface area contributed by atoms with Gasteiger partial charge in [0.2, 0.25) is 5.91 Å². The number of fused-ring (bicyclic) bond motifs is 1. The Morgan fingerprint density at radius 3 is 2.35 bits per heavy atom. The van der Waals surface area contributed by atoms with Crippen molar-refractivity contribution in [3.05, 3.63) is 54.6 Å².